The summed E-state index contributed by atoms with van der Waals surface area (Å²) in [5.41, 5.74) is 2.00. The van der Waals surface area contributed by atoms with Crippen LogP contribution in [0.3, 0.4) is 0 Å². The number of aromatic nitrogens is 2. The second kappa shape index (κ2) is 3.08. The van der Waals surface area contributed by atoms with Crippen molar-refractivity contribution in [3.8, 4) is 0 Å². The fourth-order valence-electron chi connectivity index (χ4n) is 1.98. The summed E-state index contributed by atoms with van der Waals surface area (Å²) >= 11 is 0. The minimum absolute atomic E-state index is 0.0497. The molecule has 0 N–H and O–H groups in total. The molecule has 2 heterocycles. The maximum absolute atomic E-state index is 11.3. The number of sulfone groups is 1. The number of rotatable bonds is 1. The van der Waals surface area contributed by atoms with Gasteiger partial charge in [-0.1, -0.05) is 0 Å². The SMILES string of the molecule is Cc1cc(C)n(C2CCS(=O)(=O)C2)n1. The molecule has 1 aromatic rings. The van der Waals surface area contributed by atoms with Gasteiger partial charge < -0.3 is 0 Å². The molecule has 4 nitrogen and oxygen atoms in total. The Kier molecular flexibility index (Phi) is 2.14. The molecule has 0 aliphatic carbocycles. The average Bonchev–Trinajstić information content (AvgIpc) is 2.55. The van der Waals surface area contributed by atoms with Crippen molar-refractivity contribution >= 4 is 9.84 Å². The van der Waals surface area contributed by atoms with E-state index in [1.807, 2.05) is 24.6 Å². The zero-order valence-corrected chi connectivity index (χ0v) is 9.21. The van der Waals surface area contributed by atoms with E-state index in [0.717, 1.165) is 11.4 Å². The molecule has 1 saturated heterocycles. The molecule has 1 unspecified atom stereocenters. The van der Waals surface area contributed by atoms with E-state index in [1.54, 1.807) is 0 Å². The van der Waals surface area contributed by atoms with Crippen molar-refractivity contribution in [1.82, 2.24) is 9.78 Å². The molecular formula is C9H14N2O2S. The van der Waals surface area contributed by atoms with Crippen molar-refractivity contribution < 1.29 is 8.42 Å². The first-order valence-electron chi connectivity index (χ1n) is 4.71. The number of hydrogen-bond acceptors (Lipinski definition) is 3. The lowest BCUT2D eigenvalue weighted by atomic mass is 10.2. The van der Waals surface area contributed by atoms with E-state index in [2.05, 4.69) is 5.10 Å². The number of hydrogen-bond donors (Lipinski definition) is 0. The van der Waals surface area contributed by atoms with Crippen molar-refractivity contribution in [3.05, 3.63) is 17.5 Å². The summed E-state index contributed by atoms with van der Waals surface area (Å²) in [6, 6.07) is 2.03. The van der Waals surface area contributed by atoms with Gasteiger partial charge in [-0.2, -0.15) is 5.10 Å². The Hall–Kier alpha value is -0.840. The van der Waals surface area contributed by atoms with Crippen LogP contribution in [0.25, 0.3) is 0 Å². The van der Waals surface area contributed by atoms with E-state index in [0.29, 0.717) is 12.2 Å². The highest BCUT2D eigenvalue weighted by Crippen LogP contribution is 2.24. The van der Waals surface area contributed by atoms with Crippen LogP contribution in [0.1, 0.15) is 23.9 Å². The molecule has 2 rings (SSSR count). The van der Waals surface area contributed by atoms with Crippen LogP contribution < -0.4 is 0 Å². The van der Waals surface area contributed by atoms with Gasteiger partial charge in [0, 0.05) is 5.69 Å². The van der Waals surface area contributed by atoms with Crippen LogP contribution in [0.2, 0.25) is 0 Å². The summed E-state index contributed by atoms with van der Waals surface area (Å²) in [4.78, 5) is 0. The van der Waals surface area contributed by atoms with E-state index < -0.39 is 9.84 Å². The summed E-state index contributed by atoms with van der Waals surface area (Å²) in [7, 11) is -2.81. The van der Waals surface area contributed by atoms with Crippen LogP contribution in [0.15, 0.2) is 6.07 Å². The average molecular weight is 214 g/mol. The molecule has 1 aliphatic rings. The van der Waals surface area contributed by atoms with Crippen LogP contribution in [0.4, 0.5) is 0 Å². The minimum Gasteiger partial charge on any atom is -0.266 e. The zero-order valence-electron chi connectivity index (χ0n) is 8.40. The van der Waals surface area contributed by atoms with Gasteiger partial charge in [-0.3, -0.25) is 4.68 Å². The van der Waals surface area contributed by atoms with Crippen molar-refractivity contribution in [2.24, 2.45) is 0 Å². The monoisotopic (exact) mass is 214 g/mol. The van der Waals surface area contributed by atoms with E-state index >= 15 is 0 Å². The molecule has 0 radical (unpaired) electrons. The number of aryl methyl sites for hydroxylation is 2. The molecule has 1 fully saturated rings. The maximum Gasteiger partial charge on any atom is 0.152 e. The molecule has 0 saturated carbocycles. The first-order valence-corrected chi connectivity index (χ1v) is 6.53. The van der Waals surface area contributed by atoms with Gasteiger partial charge in [0.15, 0.2) is 9.84 Å². The minimum atomic E-state index is -2.81. The lowest BCUT2D eigenvalue weighted by Gasteiger charge is -2.10. The van der Waals surface area contributed by atoms with Crippen LogP contribution in [0, 0.1) is 13.8 Å². The lowest BCUT2D eigenvalue weighted by Crippen LogP contribution is -2.13. The van der Waals surface area contributed by atoms with Gasteiger partial charge in [-0.15, -0.1) is 0 Å². The molecule has 0 spiro atoms. The molecule has 0 aromatic carbocycles. The van der Waals surface area contributed by atoms with E-state index in [9.17, 15) is 8.42 Å². The van der Waals surface area contributed by atoms with E-state index in [-0.39, 0.29) is 11.8 Å². The summed E-state index contributed by atoms with van der Waals surface area (Å²) in [6.07, 6.45) is 0.699. The fourth-order valence-corrected chi connectivity index (χ4v) is 3.68. The molecule has 0 bridgehead atoms. The molecular weight excluding hydrogens is 200 g/mol. The Morgan fingerprint density at radius 2 is 2.21 bits per heavy atom. The molecule has 0 amide bonds. The highest BCUT2D eigenvalue weighted by atomic mass is 32.2. The molecule has 5 heteroatoms. The predicted molar refractivity (Wildman–Crippen MR) is 54.0 cm³/mol. The van der Waals surface area contributed by atoms with E-state index in [1.165, 1.54) is 0 Å². The van der Waals surface area contributed by atoms with Gasteiger partial charge in [0.25, 0.3) is 0 Å². The quantitative estimate of drug-likeness (QED) is 0.696. The first kappa shape index (κ1) is 9.71. The van der Waals surface area contributed by atoms with Crippen LogP contribution >= 0.6 is 0 Å². The first-order chi connectivity index (χ1) is 6.48. The van der Waals surface area contributed by atoms with Crippen LogP contribution in [0.5, 0.6) is 0 Å². The fraction of sp³-hybridized carbons (Fsp3) is 0.667. The Morgan fingerprint density at radius 3 is 2.64 bits per heavy atom. The Morgan fingerprint density at radius 1 is 1.50 bits per heavy atom. The molecule has 78 valence electrons. The van der Waals surface area contributed by atoms with Crippen molar-refractivity contribution in [1.29, 1.82) is 0 Å². The topological polar surface area (TPSA) is 52.0 Å². The standard InChI is InChI=1S/C9H14N2O2S/c1-7-5-8(2)11(10-7)9-3-4-14(12,13)6-9/h5,9H,3-4,6H2,1-2H3. The Bertz CT molecular complexity index is 447. The normalized spacial score (nSPS) is 25.4. The molecule has 14 heavy (non-hydrogen) atoms. The summed E-state index contributed by atoms with van der Waals surface area (Å²) < 4.78 is 24.4. The summed E-state index contributed by atoms with van der Waals surface area (Å²) in [6.45, 7) is 3.89. The zero-order chi connectivity index (χ0) is 10.3. The van der Waals surface area contributed by atoms with Gasteiger partial charge in [0.2, 0.25) is 0 Å². The molecule has 1 aliphatic heterocycles. The Labute approximate surface area is 83.8 Å². The van der Waals surface area contributed by atoms with Crippen LogP contribution in [-0.4, -0.2) is 29.7 Å². The third kappa shape index (κ3) is 1.68. The number of nitrogens with zero attached hydrogens (tertiary/aromatic N) is 2. The smallest absolute Gasteiger partial charge is 0.152 e. The van der Waals surface area contributed by atoms with Crippen LogP contribution in [-0.2, 0) is 9.84 Å². The van der Waals surface area contributed by atoms with Crippen molar-refractivity contribution in [2.75, 3.05) is 11.5 Å². The van der Waals surface area contributed by atoms with Gasteiger partial charge in [0.05, 0.1) is 23.2 Å². The van der Waals surface area contributed by atoms with Crippen molar-refractivity contribution in [3.63, 3.8) is 0 Å². The molecule has 1 atom stereocenters. The second-order valence-corrected chi connectivity index (χ2v) is 6.16. The third-order valence-electron chi connectivity index (χ3n) is 2.60. The molecule has 1 aromatic heterocycles. The van der Waals surface area contributed by atoms with Gasteiger partial charge >= 0.3 is 0 Å². The Balaban J connectivity index is 2.30. The third-order valence-corrected chi connectivity index (χ3v) is 4.35. The largest absolute Gasteiger partial charge is 0.266 e. The van der Waals surface area contributed by atoms with Gasteiger partial charge in [0.1, 0.15) is 0 Å². The lowest BCUT2D eigenvalue weighted by molar-refractivity contribution is 0.486. The van der Waals surface area contributed by atoms with Gasteiger partial charge in [-0.25, -0.2) is 8.42 Å². The highest BCUT2D eigenvalue weighted by molar-refractivity contribution is 7.91. The summed E-state index contributed by atoms with van der Waals surface area (Å²) in [5.74, 6) is 0.547. The maximum atomic E-state index is 11.3. The predicted octanol–water partition coefficient (Wildman–Crippen LogP) is 0.860. The van der Waals surface area contributed by atoms with Gasteiger partial charge in [-0.05, 0) is 26.3 Å². The van der Waals surface area contributed by atoms with E-state index in [4.69, 9.17) is 0 Å². The summed E-state index contributed by atoms with van der Waals surface area (Å²) in [5, 5.41) is 4.31. The van der Waals surface area contributed by atoms with Crippen molar-refractivity contribution in [2.45, 2.75) is 26.3 Å². The second-order valence-electron chi connectivity index (χ2n) is 3.93. The highest BCUT2D eigenvalue weighted by Gasteiger charge is 2.30.